The maximum Gasteiger partial charge on any atom is 0.179 e. The lowest BCUT2D eigenvalue weighted by atomic mass is 10.4. The Morgan fingerprint density at radius 3 is 2.56 bits per heavy atom. The highest BCUT2D eigenvalue weighted by Gasteiger charge is 2.12. The maximum absolute atomic E-state index is 11.9. The van der Waals surface area contributed by atoms with Crippen LogP contribution in [0.2, 0.25) is 0 Å². The highest BCUT2D eigenvalue weighted by Crippen LogP contribution is 2.08. The summed E-state index contributed by atoms with van der Waals surface area (Å²) in [6, 6.07) is 8.55. The van der Waals surface area contributed by atoms with Crippen molar-refractivity contribution in [3.63, 3.8) is 0 Å². The molecule has 102 valence electrons. The van der Waals surface area contributed by atoms with Crippen molar-refractivity contribution in [3.05, 3.63) is 30.3 Å². The van der Waals surface area contributed by atoms with Crippen LogP contribution in [0.25, 0.3) is 0 Å². The van der Waals surface area contributed by atoms with Gasteiger partial charge in [-0.25, -0.2) is 8.42 Å². The lowest BCUT2D eigenvalue weighted by Crippen LogP contribution is -2.24. The van der Waals surface area contributed by atoms with Gasteiger partial charge in [-0.2, -0.15) is 0 Å². The van der Waals surface area contributed by atoms with Crippen LogP contribution >= 0.6 is 0 Å². The van der Waals surface area contributed by atoms with Crippen LogP contribution in [0.15, 0.2) is 35.2 Å². The van der Waals surface area contributed by atoms with E-state index in [0.717, 1.165) is 26.2 Å². The highest BCUT2D eigenvalue weighted by atomic mass is 32.2. The molecule has 4 nitrogen and oxygen atoms in total. The lowest BCUT2D eigenvalue weighted by molar-refractivity contribution is 0.145. The summed E-state index contributed by atoms with van der Waals surface area (Å²) in [7, 11) is -3.15. The van der Waals surface area contributed by atoms with E-state index in [1.807, 2.05) is 13.0 Å². The molecule has 0 spiro atoms. The Labute approximate surface area is 109 Å². The molecule has 1 aromatic rings. The van der Waals surface area contributed by atoms with Gasteiger partial charge in [0, 0.05) is 19.8 Å². The quantitative estimate of drug-likeness (QED) is 0.691. The number of hydrogen-bond acceptors (Lipinski definition) is 4. The summed E-state index contributed by atoms with van der Waals surface area (Å²) in [5, 5.41) is 3.11. The van der Waals surface area contributed by atoms with Crippen molar-refractivity contribution in [1.29, 1.82) is 0 Å². The van der Waals surface area contributed by atoms with Gasteiger partial charge in [-0.05, 0) is 32.0 Å². The number of sulfone groups is 1. The first-order valence-electron chi connectivity index (χ1n) is 6.23. The summed E-state index contributed by atoms with van der Waals surface area (Å²) in [6.45, 7) is 4.66. The van der Waals surface area contributed by atoms with Gasteiger partial charge in [0.05, 0.1) is 10.6 Å². The first-order valence-corrected chi connectivity index (χ1v) is 7.88. The fourth-order valence-electron chi connectivity index (χ4n) is 1.52. The molecule has 0 saturated carbocycles. The summed E-state index contributed by atoms with van der Waals surface area (Å²) >= 11 is 0. The van der Waals surface area contributed by atoms with E-state index < -0.39 is 9.84 Å². The average Bonchev–Trinajstić information content (AvgIpc) is 2.39. The zero-order valence-corrected chi connectivity index (χ0v) is 11.6. The first kappa shape index (κ1) is 15.1. The molecule has 18 heavy (non-hydrogen) atoms. The molecule has 0 radical (unpaired) electrons. The molecule has 0 aromatic heterocycles. The molecule has 1 N–H and O–H groups in total. The highest BCUT2D eigenvalue weighted by molar-refractivity contribution is 7.91. The van der Waals surface area contributed by atoms with Gasteiger partial charge in [0.2, 0.25) is 0 Å². The first-order chi connectivity index (χ1) is 8.67. The molecule has 0 amide bonds. The molecule has 0 unspecified atom stereocenters. The number of hydrogen-bond donors (Lipinski definition) is 1. The number of ether oxygens (including phenoxy) is 1. The van der Waals surface area contributed by atoms with Crippen molar-refractivity contribution in [3.8, 4) is 0 Å². The van der Waals surface area contributed by atoms with Crippen LogP contribution in [0, 0.1) is 0 Å². The maximum atomic E-state index is 11.9. The third kappa shape index (κ3) is 5.62. The minimum absolute atomic E-state index is 0.131. The molecule has 0 fully saturated rings. The Morgan fingerprint density at radius 2 is 1.89 bits per heavy atom. The molecule has 1 aromatic carbocycles. The second-order valence-corrected chi connectivity index (χ2v) is 6.04. The molecule has 0 aliphatic heterocycles. The van der Waals surface area contributed by atoms with Crippen LogP contribution < -0.4 is 5.32 Å². The Hall–Kier alpha value is -0.910. The standard InChI is InChI=1S/C13H21NO3S/c1-2-17-11-6-9-14-10-12-18(15,16)13-7-4-3-5-8-13/h3-5,7-8,14H,2,6,9-12H2,1H3. The molecule has 1 rings (SSSR count). The zero-order valence-electron chi connectivity index (χ0n) is 10.8. The van der Waals surface area contributed by atoms with E-state index in [0.29, 0.717) is 11.4 Å². The summed E-state index contributed by atoms with van der Waals surface area (Å²) in [4.78, 5) is 0.390. The number of rotatable bonds is 9. The minimum atomic E-state index is -3.15. The number of nitrogens with one attached hydrogen (secondary N) is 1. The third-order valence-electron chi connectivity index (χ3n) is 2.50. The topological polar surface area (TPSA) is 55.4 Å². The van der Waals surface area contributed by atoms with Crippen molar-refractivity contribution >= 4 is 9.84 Å². The van der Waals surface area contributed by atoms with E-state index >= 15 is 0 Å². The monoisotopic (exact) mass is 271 g/mol. The van der Waals surface area contributed by atoms with E-state index in [1.54, 1.807) is 24.3 Å². The van der Waals surface area contributed by atoms with E-state index in [-0.39, 0.29) is 5.75 Å². The SMILES string of the molecule is CCOCCCNCCS(=O)(=O)c1ccccc1. The number of benzene rings is 1. The predicted octanol–water partition coefficient (Wildman–Crippen LogP) is 1.48. The molecule has 0 atom stereocenters. The largest absolute Gasteiger partial charge is 0.382 e. The molecule has 0 aliphatic carbocycles. The summed E-state index contributed by atoms with van der Waals surface area (Å²) in [5.74, 6) is 0.131. The Balaban J connectivity index is 2.23. The third-order valence-corrected chi connectivity index (χ3v) is 4.23. The fraction of sp³-hybridized carbons (Fsp3) is 0.538. The normalized spacial score (nSPS) is 11.6. The van der Waals surface area contributed by atoms with Crippen molar-refractivity contribution in [2.45, 2.75) is 18.2 Å². The minimum Gasteiger partial charge on any atom is -0.382 e. The van der Waals surface area contributed by atoms with Gasteiger partial charge >= 0.3 is 0 Å². The van der Waals surface area contributed by atoms with E-state index in [1.165, 1.54) is 0 Å². The summed E-state index contributed by atoms with van der Waals surface area (Å²) in [6.07, 6.45) is 0.902. The predicted molar refractivity (Wildman–Crippen MR) is 72.5 cm³/mol. The van der Waals surface area contributed by atoms with Crippen LogP contribution in [-0.2, 0) is 14.6 Å². The van der Waals surface area contributed by atoms with Crippen LogP contribution in [-0.4, -0.2) is 40.5 Å². The van der Waals surface area contributed by atoms with E-state index in [2.05, 4.69) is 5.32 Å². The van der Waals surface area contributed by atoms with Gasteiger partial charge in [0.15, 0.2) is 9.84 Å². The van der Waals surface area contributed by atoms with Gasteiger partial charge in [-0.15, -0.1) is 0 Å². The summed E-state index contributed by atoms with van der Waals surface area (Å²) < 4.78 is 29.0. The zero-order chi connectivity index (χ0) is 13.3. The van der Waals surface area contributed by atoms with Crippen molar-refractivity contribution in [2.24, 2.45) is 0 Å². The second kappa shape index (κ2) is 8.24. The van der Waals surface area contributed by atoms with Crippen LogP contribution in [0.1, 0.15) is 13.3 Å². The summed E-state index contributed by atoms with van der Waals surface area (Å²) in [5.41, 5.74) is 0. The Morgan fingerprint density at radius 1 is 1.17 bits per heavy atom. The second-order valence-electron chi connectivity index (χ2n) is 3.93. The van der Waals surface area contributed by atoms with Crippen LogP contribution in [0.4, 0.5) is 0 Å². The smallest absolute Gasteiger partial charge is 0.179 e. The fourth-order valence-corrected chi connectivity index (χ4v) is 2.74. The van der Waals surface area contributed by atoms with Gasteiger partial charge < -0.3 is 10.1 Å². The van der Waals surface area contributed by atoms with Crippen LogP contribution in [0.3, 0.4) is 0 Å². The molecular weight excluding hydrogens is 250 g/mol. The van der Waals surface area contributed by atoms with Gasteiger partial charge in [-0.1, -0.05) is 18.2 Å². The van der Waals surface area contributed by atoms with Gasteiger partial charge in [-0.3, -0.25) is 0 Å². The Bertz CT molecular complexity index is 417. The van der Waals surface area contributed by atoms with Crippen molar-refractivity contribution in [1.82, 2.24) is 5.32 Å². The molecule has 0 heterocycles. The van der Waals surface area contributed by atoms with Crippen LogP contribution in [0.5, 0.6) is 0 Å². The molecule has 0 aliphatic rings. The lowest BCUT2D eigenvalue weighted by Gasteiger charge is -2.06. The van der Waals surface area contributed by atoms with Crippen molar-refractivity contribution in [2.75, 3.05) is 32.1 Å². The van der Waals surface area contributed by atoms with Crippen molar-refractivity contribution < 1.29 is 13.2 Å². The average molecular weight is 271 g/mol. The van der Waals surface area contributed by atoms with Gasteiger partial charge in [0.25, 0.3) is 0 Å². The van der Waals surface area contributed by atoms with E-state index in [9.17, 15) is 8.42 Å². The van der Waals surface area contributed by atoms with E-state index in [4.69, 9.17) is 4.74 Å². The molecular formula is C13H21NO3S. The molecule has 0 saturated heterocycles. The Kier molecular flexibility index (Phi) is 6.93. The molecule has 5 heteroatoms. The van der Waals surface area contributed by atoms with Gasteiger partial charge in [0.1, 0.15) is 0 Å². The molecule has 0 bridgehead atoms.